The number of methoxy groups -OCH3 is 1. The van der Waals surface area contributed by atoms with Crippen LogP contribution >= 0.6 is 0 Å². The molecule has 3 N–H and O–H groups in total. The molecule has 3 nitrogen and oxygen atoms in total. The summed E-state index contributed by atoms with van der Waals surface area (Å²) in [6.07, 6.45) is 2.12. The molecular formula is C13H19NO2. The van der Waals surface area contributed by atoms with E-state index in [0.29, 0.717) is 12.3 Å². The van der Waals surface area contributed by atoms with Crippen LogP contribution in [0.1, 0.15) is 29.5 Å². The molecule has 1 aromatic carbocycles. The lowest BCUT2D eigenvalue weighted by Gasteiger charge is -2.21. The van der Waals surface area contributed by atoms with Crippen molar-refractivity contribution in [2.24, 2.45) is 5.73 Å². The molecule has 0 radical (unpaired) electrons. The second kappa shape index (κ2) is 3.67. The normalized spacial score (nSPS) is 17.2. The van der Waals surface area contributed by atoms with Crippen LogP contribution in [0.15, 0.2) is 6.07 Å². The smallest absolute Gasteiger partial charge is 0.161 e. The highest BCUT2D eigenvalue weighted by atomic mass is 16.5. The molecule has 1 saturated carbocycles. The maximum Gasteiger partial charge on any atom is 0.161 e. The molecule has 0 atom stereocenters. The number of ether oxygens (including phenoxy) is 1. The van der Waals surface area contributed by atoms with E-state index in [1.54, 1.807) is 7.11 Å². The van der Waals surface area contributed by atoms with Gasteiger partial charge in [-0.25, -0.2) is 0 Å². The van der Waals surface area contributed by atoms with Crippen molar-refractivity contribution in [3.63, 3.8) is 0 Å². The van der Waals surface area contributed by atoms with Crippen molar-refractivity contribution in [2.75, 3.05) is 13.7 Å². The lowest BCUT2D eigenvalue weighted by Crippen LogP contribution is -2.21. The Labute approximate surface area is 96.2 Å². The molecule has 0 aliphatic heterocycles. The van der Waals surface area contributed by atoms with Gasteiger partial charge in [-0.1, -0.05) is 0 Å². The highest BCUT2D eigenvalue weighted by molar-refractivity contribution is 5.58. The maximum atomic E-state index is 10.2. The average Bonchev–Trinajstić information content (AvgIpc) is 3.05. The molecule has 16 heavy (non-hydrogen) atoms. The molecule has 1 aliphatic carbocycles. The van der Waals surface area contributed by atoms with Crippen molar-refractivity contribution >= 4 is 0 Å². The molecule has 0 amide bonds. The van der Waals surface area contributed by atoms with E-state index in [9.17, 15) is 5.11 Å². The second-order valence-corrected chi connectivity index (χ2v) is 4.73. The van der Waals surface area contributed by atoms with Gasteiger partial charge in [-0.2, -0.15) is 0 Å². The standard InChI is InChI=1S/C13H19NO2/c1-8-6-10(16-3)12(15)11(9(8)2)13(7-14)4-5-13/h6,15H,4-5,7,14H2,1-3H3. The van der Waals surface area contributed by atoms with Crippen LogP contribution in [0.5, 0.6) is 11.5 Å². The molecule has 0 spiro atoms. The Balaban J connectivity index is 2.63. The molecular weight excluding hydrogens is 202 g/mol. The summed E-state index contributed by atoms with van der Waals surface area (Å²) >= 11 is 0. The van der Waals surface area contributed by atoms with Gasteiger partial charge in [0.25, 0.3) is 0 Å². The van der Waals surface area contributed by atoms with E-state index in [2.05, 4.69) is 0 Å². The zero-order valence-electron chi connectivity index (χ0n) is 10.1. The summed E-state index contributed by atoms with van der Waals surface area (Å²) in [5.74, 6) is 0.825. The van der Waals surface area contributed by atoms with Crippen molar-refractivity contribution < 1.29 is 9.84 Å². The summed E-state index contributed by atoms with van der Waals surface area (Å²) in [5, 5.41) is 10.2. The Hall–Kier alpha value is -1.22. The van der Waals surface area contributed by atoms with Crippen molar-refractivity contribution in [1.82, 2.24) is 0 Å². The predicted octanol–water partition coefficient (Wildman–Crippen LogP) is 2.01. The molecule has 0 bridgehead atoms. The van der Waals surface area contributed by atoms with E-state index in [1.165, 1.54) is 0 Å². The lowest BCUT2D eigenvalue weighted by atomic mass is 9.88. The SMILES string of the molecule is COc1cc(C)c(C)c(C2(CN)CC2)c1O. The Bertz CT molecular complexity index is 422. The molecule has 1 aromatic rings. The lowest BCUT2D eigenvalue weighted by molar-refractivity contribution is 0.367. The fraction of sp³-hybridized carbons (Fsp3) is 0.538. The minimum absolute atomic E-state index is 0.00648. The monoisotopic (exact) mass is 221 g/mol. The molecule has 0 heterocycles. The number of benzene rings is 1. The van der Waals surface area contributed by atoms with Gasteiger partial charge in [0, 0.05) is 17.5 Å². The molecule has 2 rings (SSSR count). The third kappa shape index (κ3) is 1.47. The summed E-state index contributed by atoms with van der Waals surface area (Å²) in [5.41, 5.74) is 9.10. The van der Waals surface area contributed by atoms with Gasteiger partial charge in [-0.15, -0.1) is 0 Å². The Morgan fingerprint density at radius 2 is 2.06 bits per heavy atom. The maximum absolute atomic E-state index is 10.2. The van der Waals surface area contributed by atoms with E-state index < -0.39 is 0 Å². The van der Waals surface area contributed by atoms with Crippen molar-refractivity contribution in [2.45, 2.75) is 32.1 Å². The van der Waals surface area contributed by atoms with Gasteiger partial charge in [-0.3, -0.25) is 0 Å². The summed E-state index contributed by atoms with van der Waals surface area (Å²) < 4.78 is 5.20. The van der Waals surface area contributed by atoms with Crippen LogP contribution in [0.4, 0.5) is 0 Å². The van der Waals surface area contributed by atoms with Gasteiger partial charge in [0.05, 0.1) is 7.11 Å². The van der Waals surface area contributed by atoms with E-state index in [1.807, 2.05) is 19.9 Å². The largest absolute Gasteiger partial charge is 0.504 e. The van der Waals surface area contributed by atoms with Crippen molar-refractivity contribution in [1.29, 1.82) is 0 Å². The quantitative estimate of drug-likeness (QED) is 0.821. The highest BCUT2D eigenvalue weighted by Gasteiger charge is 2.46. The number of hydrogen-bond acceptors (Lipinski definition) is 3. The van der Waals surface area contributed by atoms with Crippen LogP contribution < -0.4 is 10.5 Å². The van der Waals surface area contributed by atoms with Gasteiger partial charge in [0.1, 0.15) is 0 Å². The number of phenols is 1. The first-order chi connectivity index (χ1) is 7.55. The topological polar surface area (TPSA) is 55.5 Å². The highest BCUT2D eigenvalue weighted by Crippen LogP contribution is 2.54. The van der Waals surface area contributed by atoms with Crippen LogP contribution in [0.25, 0.3) is 0 Å². The summed E-state index contributed by atoms with van der Waals surface area (Å²) in [7, 11) is 1.58. The Morgan fingerprint density at radius 1 is 1.44 bits per heavy atom. The van der Waals surface area contributed by atoms with E-state index in [4.69, 9.17) is 10.5 Å². The van der Waals surface area contributed by atoms with Crippen molar-refractivity contribution in [3.8, 4) is 11.5 Å². The zero-order valence-corrected chi connectivity index (χ0v) is 10.1. The molecule has 0 unspecified atom stereocenters. The van der Waals surface area contributed by atoms with E-state index in [0.717, 1.165) is 29.5 Å². The van der Waals surface area contributed by atoms with Crippen LogP contribution in [-0.2, 0) is 5.41 Å². The Morgan fingerprint density at radius 3 is 2.50 bits per heavy atom. The third-order valence-corrected chi connectivity index (χ3v) is 3.78. The second-order valence-electron chi connectivity index (χ2n) is 4.73. The molecule has 3 heteroatoms. The predicted molar refractivity (Wildman–Crippen MR) is 64.1 cm³/mol. The zero-order chi connectivity index (χ0) is 11.9. The minimum Gasteiger partial charge on any atom is -0.504 e. The van der Waals surface area contributed by atoms with E-state index in [-0.39, 0.29) is 11.2 Å². The average molecular weight is 221 g/mol. The number of phenolic OH excluding ortho intramolecular Hbond substituents is 1. The summed E-state index contributed by atoms with van der Waals surface area (Å²) in [6, 6.07) is 1.88. The first-order valence-electron chi connectivity index (χ1n) is 5.63. The first-order valence-corrected chi connectivity index (χ1v) is 5.63. The van der Waals surface area contributed by atoms with Crippen LogP contribution in [0.3, 0.4) is 0 Å². The number of aryl methyl sites for hydroxylation is 1. The molecule has 1 fully saturated rings. The molecule has 1 aliphatic rings. The van der Waals surface area contributed by atoms with Gasteiger partial charge in [-0.05, 0) is 43.9 Å². The molecule has 0 saturated heterocycles. The fourth-order valence-electron chi connectivity index (χ4n) is 2.38. The fourth-order valence-corrected chi connectivity index (χ4v) is 2.38. The molecule has 88 valence electrons. The number of nitrogens with two attached hydrogens (primary N) is 1. The minimum atomic E-state index is -0.00648. The van der Waals surface area contributed by atoms with E-state index >= 15 is 0 Å². The van der Waals surface area contributed by atoms with Gasteiger partial charge in [0.2, 0.25) is 0 Å². The van der Waals surface area contributed by atoms with Crippen LogP contribution in [-0.4, -0.2) is 18.8 Å². The van der Waals surface area contributed by atoms with Crippen LogP contribution in [0, 0.1) is 13.8 Å². The Kier molecular flexibility index (Phi) is 2.58. The first kappa shape index (κ1) is 11.3. The van der Waals surface area contributed by atoms with Crippen molar-refractivity contribution in [3.05, 3.63) is 22.8 Å². The van der Waals surface area contributed by atoms with Gasteiger partial charge >= 0.3 is 0 Å². The summed E-state index contributed by atoms with van der Waals surface area (Å²) in [4.78, 5) is 0. The summed E-state index contributed by atoms with van der Waals surface area (Å²) in [6.45, 7) is 4.67. The number of aromatic hydroxyl groups is 1. The third-order valence-electron chi connectivity index (χ3n) is 3.78. The van der Waals surface area contributed by atoms with Crippen LogP contribution in [0.2, 0.25) is 0 Å². The number of rotatable bonds is 3. The number of hydrogen-bond donors (Lipinski definition) is 2. The van der Waals surface area contributed by atoms with Gasteiger partial charge in [0.15, 0.2) is 11.5 Å². The van der Waals surface area contributed by atoms with Gasteiger partial charge < -0.3 is 15.6 Å². The molecule has 0 aromatic heterocycles.